The first-order valence-corrected chi connectivity index (χ1v) is 5.37. The van der Waals surface area contributed by atoms with Gasteiger partial charge in [-0.3, -0.25) is 0 Å². The first kappa shape index (κ1) is 12.1. The summed E-state index contributed by atoms with van der Waals surface area (Å²) in [6.45, 7) is 7.67. The van der Waals surface area contributed by atoms with Crippen LogP contribution in [0.25, 0.3) is 0 Å². The molecule has 2 nitrogen and oxygen atoms in total. The van der Waals surface area contributed by atoms with Crippen molar-refractivity contribution in [3.8, 4) is 5.75 Å². The first-order valence-electron chi connectivity index (χ1n) is 5.37. The summed E-state index contributed by atoms with van der Waals surface area (Å²) in [5.41, 5.74) is 2.49. The smallest absolute Gasteiger partial charge is 0.123 e. The van der Waals surface area contributed by atoms with Crippen molar-refractivity contribution in [3.63, 3.8) is 0 Å². The van der Waals surface area contributed by atoms with Crippen molar-refractivity contribution in [2.45, 2.75) is 26.7 Å². The highest BCUT2D eigenvalue weighted by Crippen LogP contribution is 2.27. The van der Waals surface area contributed by atoms with E-state index >= 15 is 0 Å². The van der Waals surface area contributed by atoms with Crippen LogP contribution in [0.3, 0.4) is 0 Å². The molecule has 15 heavy (non-hydrogen) atoms. The minimum absolute atomic E-state index is 0.489. The van der Waals surface area contributed by atoms with Gasteiger partial charge in [-0.1, -0.05) is 26.0 Å². The van der Waals surface area contributed by atoms with Gasteiger partial charge in [-0.05, 0) is 30.0 Å². The average Bonchev–Trinajstić information content (AvgIpc) is 2.18. The third-order valence-corrected chi connectivity index (χ3v) is 2.34. The molecule has 0 bridgehead atoms. The second-order valence-corrected chi connectivity index (χ2v) is 4.04. The Balaban J connectivity index is 2.77. The fourth-order valence-corrected chi connectivity index (χ4v) is 1.48. The maximum atomic E-state index is 5.69. The van der Waals surface area contributed by atoms with Crippen LogP contribution in [0.1, 0.15) is 30.9 Å². The van der Waals surface area contributed by atoms with Crippen molar-refractivity contribution in [3.05, 3.63) is 29.3 Å². The van der Waals surface area contributed by atoms with Crippen LogP contribution < -0.4 is 4.74 Å². The normalized spacial score (nSPS) is 10.7. The summed E-state index contributed by atoms with van der Waals surface area (Å²) in [5.74, 6) is 1.48. The average molecular weight is 208 g/mol. The quantitative estimate of drug-likeness (QED) is 0.692. The molecule has 0 aromatic heterocycles. The van der Waals surface area contributed by atoms with E-state index < -0.39 is 0 Å². The van der Waals surface area contributed by atoms with E-state index in [1.807, 2.05) is 0 Å². The van der Waals surface area contributed by atoms with Gasteiger partial charge >= 0.3 is 0 Å². The van der Waals surface area contributed by atoms with Crippen molar-refractivity contribution in [2.24, 2.45) is 0 Å². The second kappa shape index (κ2) is 5.76. The van der Waals surface area contributed by atoms with Gasteiger partial charge < -0.3 is 9.47 Å². The topological polar surface area (TPSA) is 18.5 Å². The molecule has 0 saturated heterocycles. The van der Waals surface area contributed by atoms with Gasteiger partial charge in [-0.15, -0.1) is 0 Å². The van der Waals surface area contributed by atoms with Crippen molar-refractivity contribution in [2.75, 3.05) is 20.3 Å². The molecule has 1 rings (SSSR count). The molecule has 0 fully saturated rings. The molecular weight excluding hydrogens is 188 g/mol. The number of aryl methyl sites for hydroxylation is 1. The van der Waals surface area contributed by atoms with E-state index in [0.29, 0.717) is 19.1 Å². The zero-order valence-electron chi connectivity index (χ0n) is 10.0. The Morgan fingerprint density at radius 2 is 1.93 bits per heavy atom. The first-order chi connectivity index (χ1) is 7.15. The summed E-state index contributed by atoms with van der Waals surface area (Å²) in [5, 5.41) is 0. The van der Waals surface area contributed by atoms with Crippen LogP contribution in [0.2, 0.25) is 0 Å². The molecule has 84 valence electrons. The van der Waals surface area contributed by atoms with Crippen LogP contribution in [-0.2, 0) is 4.74 Å². The van der Waals surface area contributed by atoms with Crippen molar-refractivity contribution in [1.82, 2.24) is 0 Å². The van der Waals surface area contributed by atoms with E-state index in [-0.39, 0.29) is 0 Å². The Hall–Kier alpha value is -1.02. The minimum atomic E-state index is 0.489. The van der Waals surface area contributed by atoms with E-state index in [2.05, 4.69) is 39.0 Å². The van der Waals surface area contributed by atoms with Crippen molar-refractivity contribution < 1.29 is 9.47 Å². The molecule has 0 aliphatic rings. The van der Waals surface area contributed by atoms with Gasteiger partial charge in [-0.2, -0.15) is 0 Å². The molecule has 0 saturated carbocycles. The number of methoxy groups -OCH3 is 1. The Bertz CT molecular complexity index is 305. The lowest BCUT2D eigenvalue weighted by Gasteiger charge is -2.14. The molecule has 0 amide bonds. The van der Waals surface area contributed by atoms with Crippen LogP contribution in [0.15, 0.2) is 18.2 Å². The van der Waals surface area contributed by atoms with Gasteiger partial charge in [0.15, 0.2) is 0 Å². The van der Waals surface area contributed by atoms with Gasteiger partial charge in [0.2, 0.25) is 0 Å². The number of ether oxygens (including phenoxy) is 2. The van der Waals surface area contributed by atoms with Crippen molar-refractivity contribution in [1.29, 1.82) is 0 Å². The molecule has 0 unspecified atom stereocenters. The molecule has 1 aromatic carbocycles. The Morgan fingerprint density at radius 3 is 2.53 bits per heavy atom. The molecule has 2 heteroatoms. The minimum Gasteiger partial charge on any atom is -0.491 e. The molecule has 0 atom stereocenters. The van der Waals surface area contributed by atoms with Gasteiger partial charge in [0.25, 0.3) is 0 Å². The number of benzene rings is 1. The zero-order chi connectivity index (χ0) is 11.3. The molecule has 0 aliphatic heterocycles. The monoisotopic (exact) mass is 208 g/mol. The predicted molar refractivity (Wildman–Crippen MR) is 62.6 cm³/mol. The van der Waals surface area contributed by atoms with E-state index in [1.165, 1.54) is 11.1 Å². The molecule has 0 heterocycles. The number of hydrogen-bond donors (Lipinski definition) is 0. The van der Waals surface area contributed by atoms with Crippen molar-refractivity contribution >= 4 is 0 Å². The SMILES string of the molecule is COCCOc1cc(C)ccc1C(C)C. The number of rotatable bonds is 5. The van der Waals surface area contributed by atoms with Gasteiger partial charge in [0.1, 0.15) is 12.4 Å². The summed E-state index contributed by atoms with van der Waals surface area (Å²) in [6, 6.07) is 6.35. The molecule has 1 aromatic rings. The fraction of sp³-hybridized carbons (Fsp3) is 0.538. The van der Waals surface area contributed by atoms with E-state index in [1.54, 1.807) is 7.11 Å². The summed E-state index contributed by atoms with van der Waals surface area (Å²) >= 11 is 0. The zero-order valence-corrected chi connectivity index (χ0v) is 10.0. The van der Waals surface area contributed by atoms with E-state index in [0.717, 1.165) is 5.75 Å². The van der Waals surface area contributed by atoms with Gasteiger partial charge in [-0.25, -0.2) is 0 Å². The summed E-state index contributed by atoms with van der Waals surface area (Å²) in [6.07, 6.45) is 0. The van der Waals surface area contributed by atoms with Crippen LogP contribution in [0, 0.1) is 6.92 Å². The van der Waals surface area contributed by atoms with Crippen LogP contribution in [0.4, 0.5) is 0 Å². The standard InChI is InChI=1S/C13H20O2/c1-10(2)12-6-5-11(3)9-13(12)15-8-7-14-4/h5-6,9-10H,7-8H2,1-4H3. The lowest BCUT2D eigenvalue weighted by molar-refractivity contribution is 0.145. The third kappa shape index (κ3) is 3.56. The molecule has 0 radical (unpaired) electrons. The molecule has 0 spiro atoms. The maximum absolute atomic E-state index is 5.69. The largest absolute Gasteiger partial charge is 0.491 e. The van der Waals surface area contributed by atoms with Crippen LogP contribution in [0.5, 0.6) is 5.75 Å². The highest BCUT2D eigenvalue weighted by molar-refractivity contribution is 5.39. The van der Waals surface area contributed by atoms with E-state index in [4.69, 9.17) is 9.47 Å². The lowest BCUT2D eigenvalue weighted by Crippen LogP contribution is -2.06. The molecule has 0 aliphatic carbocycles. The lowest BCUT2D eigenvalue weighted by atomic mass is 10.0. The van der Waals surface area contributed by atoms with E-state index in [9.17, 15) is 0 Å². The fourth-order valence-electron chi connectivity index (χ4n) is 1.48. The Kier molecular flexibility index (Phi) is 4.63. The van der Waals surface area contributed by atoms with Gasteiger partial charge in [0.05, 0.1) is 6.61 Å². The maximum Gasteiger partial charge on any atom is 0.123 e. The highest BCUT2D eigenvalue weighted by atomic mass is 16.5. The summed E-state index contributed by atoms with van der Waals surface area (Å²) in [4.78, 5) is 0. The number of hydrogen-bond acceptors (Lipinski definition) is 2. The highest BCUT2D eigenvalue weighted by Gasteiger charge is 2.07. The second-order valence-electron chi connectivity index (χ2n) is 4.04. The third-order valence-electron chi connectivity index (χ3n) is 2.34. The Morgan fingerprint density at radius 1 is 1.20 bits per heavy atom. The summed E-state index contributed by atoms with van der Waals surface area (Å²) < 4.78 is 10.7. The van der Waals surface area contributed by atoms with Crippen LogP contribution in [-0.4, -0.2) is 20.3 Å². The Labute approximate surface area is 92.2 Å². The molecule has 0 N–H and O–H groups in total. The predicted octanol–water partition coefficient (Wildman–Crippen LogP) is 3.14. The van der Waals surface area contributed by atoms with Gasteiger partial charge in [0, 0.05) is 7.11 Å². The van der Waals surface area contributed by atoms with Crippen LogP contribution >= 0.6 is 0 Å². The summed E-state index contributed by atoms with van der Waals surface area (Å²) in [7, 11) is 1.68. The molecular formula is C13H20O2.